The van der Waals surface area contributed by atoms with E-state index in [1.165, 1.54) is 0 Å². The topological polar surface area (TPSA) is 20.2 Å². The van der Waals surface area contributed by atoms with Crippen molar-refractivity contribution >= 4 is 23.2 Å². The van der Waals surface area contributed by atoms with Gasteiger partial charge in [0, 0.05) is 16.7 Å². The van der Waals surface area contributed by atoms with Gasteiger partial charge in [0.05, 0.1) is 0 Å². The number of hydrogen-bond acceptors (Lipinski definition) is 1. The van der Waals surface area contributed by atoms with Crippen molar-refractivity contribution in [1.29, 1.82) is 0 Å². The summed E-state index contributed by atoms with van der Waals surface area (Å²) in [5.41, 5.74) is 1.10. The van der Waals surface area contributed by atoms with Crippen LogP contribution >= 0.6 is 23.2 Å². The first-order valence-corrected chi connectivity index (χ1v) is 5.97. The van der Waals surface area contributed by atoms with Crippen LogP contribution in [-0.2, 0) is 6.42 Å². The SMILES string of the molecule is CCC[C@H](CO)Cc1cc(Cl)cc(Cl)c1. The third-order valence-corrected chi connectivity index (χ3v) is 2.84. The standard InChI is InChI=1S/C12H16Cl2O/c1-2-3-9(8-15)4-10-5-11(13)7-12(14)6-10/h5-7,9,15H,2-4,8H2,1H3/t9-/m0/s1. The normalized spacial score (nSPS) is 12.8. The second kappa shape index (κ2) is 6.37. The Hall–Kier alpha value is -0.240. The van der Waals surface area contributed by atoms with E-state index in [9.17, 15) is 5.11 Å². The minimum Gasteiger partial charge on any atom is -0.396 e. The second-order valence-corrected chi connectivity index (χ2v) is 4.69. The summed E-state index contributed by atoms with van der Waals surface area (Å²) in [6, 6.07) is 5.54. The smallest absolute Gasteiger partial charge is 0.0462 e. The molecule has 0 spiro atoms. The van der Waals surface area contributed by atoms with Crippen molar-refractivity contribution in [2.45, 2.75) is 26.2 Å². The molecule has 0 amide bonds. The molecule has 84 valence electrons. The van der Waals surface area contributed by atoms with Gasteiger partial charge in [0.15, 0.2) is 0 Å². The van der Waals surface area contributed by atoms with Crippen LogP contribution in [0.5, 0.6) is 0 Å². The molecular formula is C12H16Cl2O. The molecule has 1 aromatic carbocycles. The van der Waals surface area contributed by atoms with Crippen molar-refractivity contribution in [1.82, 2.24) is 0 Å². The fourth-order valence-electron chi connectivity index (χ4n) is 1.73. The molecule has 0 aliphatic carbocycles. The highest BCUT2D eigenvalue weighted by Gasteiger charge is 2.08. The fourth-order valence-corrected chi connectivity index (χ4v) is 2.30. The molecule has 1 atom stereocenters. The zero-order chi connectivity index (χ0) is 11.3. The molecule has 0 fully saturated rings. The first kappa shape index (κ1) is 12.8. The van der Waals surface area contributed by atoms with Gasteiger partial charge in [-0.3, -0.25) is 0 Å². The van der Waals surface area contributed by atoms with Gasteiger partial charge in [0.1, 0.15) is 0 Å². The predicted octanol–water partition coefficient (Wildman–Crippen LogP) is 3.94. The van der Waals surface area contributed by atoms with Crippen LogP contribution in [0.2, 0.25) is 10.0 Å². The molecule has 3 heteroatoms. The van der Waals surface area contributed by atoms with Crippen LogP contribution in [0.1, 0.15) is 25.3 Å². The van der Waals surface area contributed by atoms with Gasteiger partial charge in [0.2, 0.25) is 0 Å². The molecule has 1 nitrogen and oxygen atoms in total. The minimum atomic E-state index is 0.220. The molecule has 0 saturated heterocycles. The number of aliphatic hydroxyl groups excluding tert-OH is 1. The summed E-state index contributed by atoms with van der Waals surface area (Å²) >= 11 is 11.8. The molecule has 15 heavy (non-hydrogen) atoms. The summed E-state index contributed by atoms with van der Waals surface area (Å²) in [6.07, 6.45) is 2.95. The Morgan fingerprint density at radius 3 is 2.27 bits per heavy atom. The Morgan fingerprint density at radius 1 is 1.20 bits per heavy atom. The number of benzene rings is 1. The molecule has 0 aliphatic heterocycles. The maximum absolute atomic E-state index is 9.19. The zero-order valence-corrected chi connectivity index (χ0v) is 10.4. The largest absolute Gasteiger partial charge is 0.396 e. The molecule has 1 rings (SSSR count). The third-order valence-electron chi connectivity index (χ3n) is 2.40. The van der Waals surface area contributed by atoms with Gasteiger partial charge in [-0.05, 0) is 42.5 Å². The zero-order valence-electron chi connectivity index (χ0n) is 8.84. The lowest BCUT2D eigenvalue weighted by atomic mass is 9.96. The molecule has 0 saturated carbocycles. The van der Waals surface area contributed by atoms with E-state index in [1.54, 1.807) is 6.07 Å². The van der Waals surface area contributed by atoms with Crippen molar-refractivity contribution in [3.8, 4) is 0 Å². The van der Waals surface area contributed by atoms with Gasteiger partial charge in [-0.1, -0.05) is 36.5 Å². The molecule has 0 radical (unpaired) electrons. The predicted molar refractivity (Wildman–Crippen MR) is 65.6 cm³/mol. The van der Waals surface area contributed by atoms with Crippen LogP contribution < -0.4 is 0 Å². The Bertz CT molecular complexity index is 292. The molecule has 1 N–H and O–H groups in total. The lowest BCUT2D eigenvalue weighted by Gasteiger charge is -2.13. The fraction of sp³-hybridized carbons (Fsp3) is 0.500. The Kier molecular flexibility index (Phi) is 5.44. The second-order valence-electron chi connectivity index (χ2n) is 3.82. The summed E-state index contributed by atoms with van der Waals surface area (Å²) in [7, 11) is 0. The molecule has 1 aromatic rings. The van der Waals surface area contributed by atoms with Gasteiger partial charge in [-0.2, -0.15) is 0 Å². The highest BCUT2D eigenvalue weighted by atomic mass is 35.5. The van der Waals surface area contributed by atoms with Crippen molar-refractivity contribution in [3.63, 3.8) is 0 Å². The van der Waals surface area contributed by atoms with E-state index in [0.29, 0.717) is 16.0 Å². The summed E-state index contributed by atoms with van der Waals surface area (Å²) in [4.78, 5) is 0. The van der Waals surface area contributed by atoms with E-state index >= 15 is 0 Å². The van der Waals surface area contributed by atoms with E-state index in [1.807, 2.05) is 12.1 Å². The molecule has 0 aliphatic rings. The first-order chi connectivity index (χ1) is 7.15. The van der Waals surface area contributed by atoms with E-state index in [-0.39, 0.29) is 6.61 Å². The van der Waals surface area contributed by atoms with Gasteiger partial charge >= 0.3 is 0 Å². The van der Waals surface area contributed by atoms with E-state index in [0.717, 1.165) is 24.8 Å². The molecular weight excluding hydrogens is 231 g/mol. The van der Waals surface area contributed by atoms with Crippen LogP contribution in [0.25, 0.3) is 0 Å². The highest BCUT2D eigenvalue weighted by Crippen LogP contribution is 2.22. The monoisotopic (exact) mass is 246 g/mol. The third kappa shape index (κ3) is 4.42. The molecule has 0 bridgehead atoms. The van der Waals surface area contributed by atoms with Crippen LogP contribution in [0.3, 0.4) is 0 Å². The van der Waals surface area contributed by atoms with Gasteiger partial charge in [0.25, 0.3) is 0 Å². The Balaban J connectivity index is 2.69. The summed E-state index contributed by atoms with van der Waals surface area (Å²) in [5.74, 6) is 0.310. The maximum Gasteiger partial charge on any atom is 0.0462 e. The molecule has 0 unspecified atom stereocenters. The number of rotatable bonds is 5. The average molecular weight is 247 g/mol. The number of halogens is 2. The van der Waals surface area contributed by atoms with Crippen LogP contribution in [-0.4, -0.2) is 11.7 Å². The lowest BCUT2D eigenvalue weighted by molar-refractivity contribution is 0.217. The highest BCUT2D eigenvalue weighted by molar-refractivity contribution is 6.34. The quantitative estimate of drug-likeness (QED) is 0.835. The van der Waals surface area contributed by atoms with Gasteiger partial charge in [-0.25, -0.2) is 0 Å². The van der Waals surface area contributed by atoms with Crippen LogP contribution in [0.4, 0.5) is 0 Å². The van der Waals surface area contributed by atoms with Crippen molar-refractivity contribution in [2.75, 3.05) is 6.61 Å². The van der Waals surface area contributed by atoms with E-state index in [2.05, 4.69) is 6.92 Å². The van der Waals surface area contributed by atoms with Crippen molar-refractivity contribution in [2.24, 2.45) is 5.92 Å². The van der Waals surface area contributed by atoms with Crippen LogP contribution in [0, 0.1) is 5.92 Å². The summed E-state index contributed by atoms with van der Waals surface area (Å²) < 4.78 is 0. The summed E-state index contributed by atoms with van der Waals surface area (Å²) in [6.45, 7) is 2.34. The minimum absolute atomic E-state index is 0.220. The first-order valence-electron chi connectivity index (χ1n) is 5.21. The van der Waals surface area contributed by atoms with E-state index in [4.69, 9.17) is 23.2 Å². The van der Waals surface area contributed by atoms with Crippen molar-refractivity contribution in [3.05, 3.63) is 33.8 Å². The van der Waals surface area contributed by atoms with Gasteiger partial charge in [-0.15, -0.1) is 0 Å². The molecule has 0 aromatic heterocycles. The molecule has 0 heterocycles. The van der Waals surface area contributed by atoms with E-state index < -0.39 is 0 Å². The Labute approximate surface area is 101 Å². The van der Waals surface area contributed by atoms with Crippen LogP contribution in [0.15, 0.2) is 18.2 Å². The maximum atomic E-state index is 9.19. The van der Waals surface area contributed by atoms with Gasteiger partial charge < -0.3 is 5.11 Å². The Morgan fingerprint density at radius 2 is 1.80 bits per heavy atom. The lowest BCUT2D eigenvalue weighted by Crippen LogP contribution is -2.09. The average Bonchev–Trinajstić information content (AvgIpc) is 2.15. The van der Waals surface area contributed by atoms with Crippen molar-refractivity contribution < 1.29 is 5.11 Å². The number of aliphatic hydroxyl groups is 1. The summed E-state index contributed by atoms with van der Waals surface area (Å²) in [5, 5.41) is 10.5. The number of hydrogen-bond donors (Lipinski definition) is 1.